The van der Waals surface area contributed by atoms with Crippen LogP contribution < -0.4 is 4.74 Å². The molecule has 51 heavy (non-hydrogen) atoms. The number of hydrogen-bond acceptors (Lipinski definition) is 3. The van der Waals surface area contributed by atoms with Crippen LogP contribution in [0.3, 0.4) is 0 Å². The zero-order chi connectivity index (χ0) is 33.7. The van der Waals surface area contributed by atoms with E-state index in [1.165, 1.54) is 27.3 Å². The van der Waals surface area contributed by atoms with Crippen molar-refractivity contribution in [1.82, 2.24) is 9.97 Å². The van der Waals surface area contributed by atoms with Crippen LogP contribution in [0.4, 0.5) is 0 Å². The predicted molar refractivity (Wildman–Crippen MR) is 210 cm³/mol. The summed E-state index contributed by atoms with van der Waals surface area (Å²) in [7, 11) is 0. The van der Waals surface area contributed by atoms with Crippen LogP contribution >= 0.6 is 0 Å². The molecule has 10 rings (SSSR count). The molecule has 0 unspecified atom stereocenters. The minimum Gasteiger partial charge on any atom is -0.456 e. The summed E-state index contributed by atoms with van der Waals surface area (Å²) in [4.78, 5) is 10.1. The fourth-order valence-electron chi connectivity index (χ4n) is 7.42. The smallest absolute Gasteiger partial charge is 0.160 e. The standard InChI is InChI=1S/C48H30N2O/c1-3-11-33(12-4-1)43-30-44(50-48(49-43)35-13-5-2-6-14-35)40-28-27-37(38-17-7-8-18-39(38)40)32-23-21-31(22-24-32)36-25-26-41-42-19-9-15-34-16-10-20-45(47(34)42)51-46(41)29-36/h1-30H. The molecule has 3 nitrogen and oxygen atoms in total. The Morgan fingerprint density at radius 3 is 1.73 bits per heavy atom. The lowest BCUT2D eigenvalue weighted by molar-refractivity contribution is 0.487. The quantitative estimate of drug-likeness (QED) is 0.186. The second-order valence-corrected chi connectivity index (χ2v) is 13.0. The van der Waals surface area contributed by atoms with Crippen LogP contribution in [-0.4, -0.2) is 9.97 Å². The van der Waals surface area contributed by atoms with Crippen molar-refractivity contribution in [3.8, 4) is 78.8 Å². The zero-order valence-electron chi connectivity index (χ0n) is 27.6. The van der Waals surface area contributed by atoms with Gasteiger partial charge in [-0.15, -0.1) is 0 Å². The lowest BCUT2D eigenvalue weighted by atomic mass is 9.91. The van der Waals surface area contributed by atoms with Gasteiger partial charge in [-0.3, -0.25) is 0 Å². The van der Waals surface area contributed by atoms with Crippen molar-refractivity contribution >= 4 is 21.5 Å². The first kappa shape index (κ1) is 29.1. The van der Waals surface area contributed by atoms with E-state index in [1.807, 2.05) is 36.4 Å². The first-order chi connectivity index (χ1) is 25.3. The molecule has 9 aromatic rings. The molecular formula is C48H30N2O. The molecule has 0 saturated carbocycles. The number of aromatic nitrogens is 2. The van der Waals surface area contributed by atoms with Gasteiger partial charge in [-0.05, 0) is 68.2 Å². The lowest BCUT2D eigenvalue weighted by Crippen LogP contribution is -1.97. The lowest BCUT2D eigenvalue weighted by Gasteiger charge is -2.22. The van der Waals surface area contributed by atoms with Crippen LogP contribution in [0.1, 0.15) is 0 Å². The van der Waals surface area contributed by atoms with Gasteiger partial charge >= 0.3 is 0 Å². The first-order valence-corrected chi connectivity index (χ1v) is 17.2. The average Bonchev–Trinajstić information content (AvgIpc) is 3.21. The molecule has 0 radical (unpaired) electrons. The van der Waals surface area contributed by atoms with E-state index in [4.69, 9.17) is 14.7 Å². The number of hydrogen-bond donors (Lipinski definition) is 0. The van der Waals surface area contributed by atoms with Crippen molar-refractivity contribution in [1.29, 1.82) is 0 Å². The van der Waals surface area contributed by atoms with Crippen molar-refractivity contribution in [3.05, 3.63) is 182 Å². The van der Waals surface area contributed by atoms with Gasteiger partial charge in [0.1, 0.15) is 11.5 Å². The van der Waals surface area contributed by atoms with Crippen LogP contribution in [0.2, 0.25) is 0 Å². The van der Waals surface area contributed by atoms with Crippen LogP contribution in [0, 0.1) is 0 Å². The van der Waals surface area contributed by atoms with Crippen LogP contribution in [0.15, 0.2) is 182 Å². The van der Waals surface area contributed by atoms with E-state index in [9.17, 15) is 0 Å². The van der Waals surface area contributed by atoms with E-state index in [0.717, 1.165) is 67.2 Å². The van der Waals surface area contributed by atoms with Gasteiger partial charge < -0.3 is 4.74 Å². The Kier molecular flexibility index (Phi) is 6.81. The third-order valence-corrected chi connectivity index (χ3v) is 9.92. The predicted octanol–water partition coefficient (Wildman–Crippen LogP) is 12.9. The molecule has 2 heterocycles. The van der Waals surface area contributed by atoms with Gasteiger partial charge in [0.25, 0.3) is 0 Å². The van der Waals surface area contributed by atoms with Crippen LogP contribution in [0.25, 0.3) is 88.8 Å². The fourth-order valence-corrected chi connectivity index (χ4v) is 7.42. The van der Waals surface area contributed by atoms with Gasteiger partial charge in [0.05, 0.1) is 11.4 Å². The number of fused-ring (bicyclic) bond motifs is 3. The SMILES string of the molecule is c1ccc(-c2cc(-c3ccc(-c4ccc(-c5ccc6c(c5)Oc5cccc7cccc-6c57)cc4)c4ccccc34)nc(-c3ccccc3)n2)cc1. The van der Waals surface area contributed by atoms with Crippen molar-refractivity contribution in [3.63, 3.8) is 0 Å². The molecule has 0 bridgehead atoms. The third kappa shape index (κ3) is 5.06. The summed E-state index contributed by atoms with van der Waals surface area (Å²) in [6.07, 6.45) is 0. The molecule has 0 fully saturated rings. The molecule has 0 amide bonds. The van der Waals surface area contributed by atoms with E-state index < -0.39 is 0 Å². The monoisotopic (exact) mass is 650 g/mol. The molecule has 0 saturated heterocycles. The third-order valence-electron chi connectivity index (χ3n) is 9.92. The topological polar surface area (TPSA) is 35.0 Å². The molecule has 0 spiro atoms. The van der Waals surface area contributed by atoms with Gasteiger partial charge in [0, 0.05) is 27.6 Å². The number of rotatable bonds is 5. The van der Waals surface area contributed by atoms with Crippen molar-refractivity contribution < 1.29 is 4.74 Å². The second-order valence-electron chi connectivity index (χ2n) is 13.0. The van der Waals surface area contributed by atoms with E-state index in [0.29, 0.717) is 5.82 Å². The van der Waals surface area contributed by atoms with Gasteiger partial charge in [-0.25, -0.2) is 9.97 Å². The second kappa shape index (κ2) is 11.9. The van der Waals surface area contributed by atoms with Gasteiger partial charge in [0.15, 0.2) is 5.82 Å². The highest BCUT2D eigenvalue weighted by Gasteiger charge is 2.20. The van der Waals surface area contributed by atoms with Crippen LogP contribution in [-0.2, 0) is 0 Å². The summed E-state index contributed by atoms with van der Waals surface area (Å²) >= 11 is 0. The molecule has 0 aliphatic carbocycles. The molecule has 1 aliphatic rings. The summed E-state index contributed by atoms with van der Waals surface area (Å²) in [5.41, 5.74) is 11.9. The Labute approximate surface area is 296 Å². The summed E-state index contributed by atoms with van der Waals surface area (Å²) in [6.45, 7) is 0. The maximum absolute atomic E-state index is 6.46. The molecule has 238 valence electrons. The Bertz CT molecular complexity index is 2690. The number of ether oxygens (including phenoxy) is 1. The minimum atomic E-state index is 0.713. The molecule has 8 aromatic carbocycles. The molecule has 1 aromatic heterocycles. The van der Waals surface area contributed by atoms with Crippen molar-refractivity contribution in [2.45, 2.75) is 0 Å². The first-order valence-electron chi connectivity index (χ1n) is 17.2. The van der Waals surface area contributed by atoms with Gasteiger partial charge in [0.2, 0.25) is 0 Å². The van der Waals surface area contributed by atoms with Gasteiger partial charge in [-0.2, -0.15) is 0 Å². The Hall–Kier alpha value is -6.84. The number of benzene rings is 8. The normalized spacial score (nSPS) is 11.7. The molecule has 0 N–H and O–H groups in total. The Morgan fingerprint density at radius 2 is 0.941 bits per heavy atom. The number of nitrogens with zero attached hydrogens (tertiary/aromatic N) is 2. The van der Waals surface area contributed by atoms with Crippen molar-refractivity contribution in [2.24, 2.45) is 0 Å². The molecule has 3 heteroatoms. The van der Waals surface area contributed by atoms with Crippen molar-refractivity contribution in [2.75, 3.05) is 0 Å². The highest BCUT2D eigenvalue weighted by molar-refractivity contribution is 6.06. The molecular weight excluding hydrogens is 621 g/mol. The maximum Gasteiger partial charge on any atom is 0.160 e. The fraction of sp³-hybridized carbons (Fsp3) is 0. The maximum atomic E-state index is 6.46. The largest absolute Gasteiger partial charge is 0.456 e. The van der Waals surface area contributed by atoms with E-state index in [2.05, 4.69) is 146 Å². The summed E-state index contributed by atoms with van der Waals surface area (Å²) < 4.78 is 6.46. The average molecular weight is 651 g/mol. The summed E-state index contributed by atoms with van der Waals surface area (Å²) in [6, 6.07) is 63.8. The highest BCUT2D eigenvalue weighted by atomic mass is 16.5. The van der Waals surface area contributed by atoms with Crippen LogP contribution in [0.5, 0.6) is 11.5 Å². The summed E-state index contributed by atoms with van der Waals surface area (Å²) in [5.74, 6) is 2.51. The highest BCUT2D eigenvalue weighted by Crippen LogP contribution is 2.47. The van der Waals surface area contributed by atoms with E-state index in [-0.39, 0.29) is 0 Å². The molecule has 1 aliphatic heterocycles. The Morgan fingerprint density at radius 1 is 0.333 bits per heavy atom. The minimum absolute atomic E-state index is 0.713. The van der Waals surface area contributed by atoms with E-state index in [1.54, 1.807) is 0 Å². The zero-order valence-corrected chi connectivity index (χ0v) is 27.6. The Balaban J connectivity index is 1.03. The van der Waals surface area contributed by atoms with E-state index >= 15 is 0 Å². The van der Waals surface area contributed by atoms with Gasteiger partial charge in [-0.1, -0.05) is 158 Å². The summed E-state index contributed by atoms with van der Waals surface area (Å²) in [5, 5.41) is 4.70. The molecule has 0 atom stereocenters.